The minimum Gasteiger partial charge on any atom is -0.507 e. The number of hydrogen-bond donors (Lipinski definition) is 1. The lowest BCUT2D eigenvalue weighted by Crippen LogP contribution is -2.31. The van der Waals surface area contributed by atoms with Gasteiger partial charge < -0.3 is 24.0 Å². The number of amides is 1. The van der Waals surface area contributed by atoms with Crippen LogP contribution in [-0.2, 0) is 16.1 Å². The third kappa shape index (κ3) is 5.80. The molecule has 0 bridgehead atoms. The van der Waals surface area contributed by atoms with Crippen LogP contribution in [0.4, 0.5) is 0 Å². The third-order valence-corrected chi connectivity index (χ3v) is 6.33. The summed E-state index contributed by atoms with van der Waals surface area (Å²) in [4.78, 5) is 32.1. The highest BCUT2D eigenvalue weighted by Gasteiger charge is 2.46. The molecule has 194 valence electrons. The number of carbonyl (C=O) groups is 2. The van der Waals surface area contributed by atoms with Gasteiger partial charge in [-0.3, -0.25) is 9.59 Å². The van der Waals surface area contributed by atoms with Crippen LogP contribution >= 0.6 is 11.6 Å². The summed E-state index contributed by atoms with van der Waals surface area (Å²) >= 11 is 6.01. The molecule has 9 heteroatoms. The maximum Gasteiger partial charge on any atom is 0.295 e. The summed E-state index contributed by atoms with van der Waals surface area (Å²) in [6.45, 7) is 5.77. The van der Waals surface area contributed by atoms with Crippen molar-refractivity contribution in [3.05, 3.63) is 82.9 Å². The number of halogens is 1. The van der Waals surface area contributed by atoms with Crippen molar-refractivity contribution >= 4 is 29.1 Å². The van der Waals surface area contributed by atoms with E-state index in [1.54, 1.807) is 48.9 Å². The van der Waals surface area contributed by atoms with Crippen molar-refractivity contribution in [2.45, 2.75) is 39.3 Å². The second-order valence-corrected chi connectivity index (χ2v) is 9.08. The van der Waals surface area contributed by atoms with Gasteiger partial charge in [0.2, 0.25) is 0 Å². The predicted octanol–water partition coefficient (Wildman–Crippen LogP) is 5.24. The third-order valence-electron chi connectivity index (χ3n) is 6.08. The molecule has 1 saturated heterocycles. The van der Waals surface area contributed by atoms with Crippen molar-refractivity contribution in [2.75, 3.05) is 19.8 Å². The maximum atomic E-state index is 13.3. The van der Waals surface area contributed by atoms with Crippen LogP contribution < -0.4 is 9.47 Å². The molecule has 3 aromatic rings. The molecule has 0 spiro atoms. The van der Waals surface area contributed by atoms with Gasteiger partial charge in [0, 0.05) is 36.1 Å². The molecule has 1 fully saturated rings. The lowest BCUT2D eigenvalue weighted by atomic mass is 9.95. The number of likely N-dealkylation sites (tertiary alicyclic amines) is 1. The first-order chi connectivity index (χ1) is 17.9. The normalized spacial score (nSPS) is 16.8. The first-order valence-electron chi connectivity index (χ1n) is 12.3. The topological polar surface area (TPSA) is 93.9 Å². The summed E-state index contributed by atoms with van der Waals surface area (Å²) in [7, 11) is 0. The van der Waals surface area contributed by atoms with Gasteiger partial charge in [-0.2, -0.15) is 0 Å². The van der Waals surface area contributed by atoms with Gasteiger partial charge in [0.05, 0.1) is 31.2 Å². The van der Waals surface area contributed by atoms with E-state index in [0.717, 1.165) is 6.42 Å². The first-order valence-corrected chi connectivity index (χ1v) is 12.7. The monoisotopic (exact) mass is 523 g/mol. The molecule has 37 heavy (non-hydrogen) atoms. The number of aryl methyl sites for hydroxylation is 1. The van der Waals surface area contributed by atoms with Crippen molar-refractivity contribution in [3.63, 3.8) is 0 Å². The summed E-state index contributed by atoms with van der Waals surface area (Å²) in [5, 5.41) is 11.7. The second-order valence-electron chi connectivity index (χ2n) is 8.64. The van der Waals surface area contributed by atoms with Gasteiger partial charge >= 0.3 is 0 Å². The molecule has 0 radical (unpaired) electrons. The van der Waals surface area contributed by atoms with Crippen LogP contribution in [0.15, 0.2) is 66.8 Å². The predicted molar refractivity (Wildman–Crippen MR) is 141 cm³/mol. The molecule has 1 aromatic heterocycles. The number of aliphatic hydroxyl groups excluding tert-OH is 1. The molecule has 0 saturated carbocycles. The number of ether oxygens (including phenoxy) is 2. The van der Waals surface area contributed by atoms with Crippen LogP contribution in [0.25, 0.3) is 5.76 Å². The van der Waals surface area contributed by atoms with E-state index in [2.05, 4.69) is 4.98 Å². The molecule has 2 heterocycles. The van der Waals surface area contributed by atoms with Crippen LogP contribution in [0.2, 0.25) is 5.02 Å². The van der Waals surface area contributed by atoms with Crippen molar-refractivity contribution in [1.29, 1.82) is 0 Å². The van der Waals surface area contributed by atoms with Gasteiger partial charge in [-0.05, 0) is 61.7 Å². The van der Waals surface area contributed by atoms with Gasteiger partial charge in [0.15, 0.2) is 11.5 Å². The van der Waals surface area contributed by atoms with E-state index >= 15 is 0 Å². The highest BCUT2D eigenvalue weighted by molar-refractivity contribution is 6.46. The Kier molecular flexibility index (Phi) is 8.50. The Morgan fingerprint density at radius 1 is 1.05 bits per heavy atom. The lowest BCUT2D eigenvalue weighted by molar-refractivity contribution is -0.139. The van der Waals surface area contributed by atoms with Crippen molar-refractivity contribution in [3.8, 4) is 11.5 Å². The summed E-state index contributed by atoms with van der Waals surface area (Å²) in [6.07, 6.45) is 6.67. The second kappa shape index (κ2) is 12.0. The van der Waals surface area contributed by atoms with E-state index < -0.39 is 17.7 Å². The van der Waals surface area contributed by atoms with E-state index in [9.17, 15) is 14.7 Å². The fourth-order valence-electron chi connectivity index (χ4n) is 4.36. The smallest absolute Gasteiger partial charge is 0.295 e. The molecule has 1 aliphatic heterocycles. The molecule has 1 N–H and O–H groups in total. The van der Waals surface area contributed by atoms with Crippen LogP contribution in [0.5, 0.6) is 11.5 Å². The number of rotatable bonds is 11. The summed E-state index contributed by atoms with van der Waals surface area (Å²) < 4.78 is 13.6. The molecule has 0 aliphatic carbocycles. The van der Waals surface area contributed by atoms with Crippen LogP contribution in [0, 0.1) is 0 Å². The molecular formula is C28H30ClN3O5. The molecule has 1 unspecified atom stereocenters. The minimum atomic E-state index is -0.794. The zero-order chi connectivity index (χ0) is 26.4. The van der Waals surface area contributed by atoms with E-state index in [0.29, 0.717) is 60.4 Å². The number of Topliss-reactive ketones (excluding diaryl/α,β-unsaturated/α-hetero) is 1. The quantitative estimate of drug-likeness (QED) is 0.210. The Bertz CT molecular complexity index is 1270. The number of ketones is 1. The van der Waals surface area contributed by atoms with Crippen molar-refractivity contribution < 1.29 is 24.2 Å². The van der Waals surface area contributed by atoms with E-state index in [-0.39, 0.29) is 11.3 Å². The van der Waals surface area contributed by atoms with Gasteiger partial charge in [-0.1, -0.05) is 24.6 Å². The zero-order valence-electron chi connectivity index (χ0n) is 20.9. The Balaban J connectivity index is 1.76. The molecular weight excluding hydrogens is 494 g/mol. The van der Waals surface area contributed by atoms with Crippen molar-refractivity contribution in [2.24, 2.45) is 0 Å². The number of carbonyl (C=O) groups excluding carboxylic acids is 2. The van der Waals surface area contributed by atoms with Crippen molar-refractivity contribution in [1.82, 2.24) is 14.5 Å². The minimum absolute atomic E-state index is 0.0274. The first kappa shape index (κ1) is 26.3. The maximum absolute atomic E-state index is 13.3. The molecule has 2 aromatic carbocycles. The molecule has 8 nitrogen and oxygen atoms in total. The average molecular weight is 524 g/mol. The fraction of sp³-hybridized carbons (Fsp3) is 0.321. The van der Waals surface area contributed by atoms with Gasteiger partial charge in [0.25, 0.3) is 11.7 Å². The summed E-state index contributed by atoms with van der Waals surface area (Å²) in [5.74, 6) is -0.535. The number of aromatic nitrogens is 2. The fourth-order valence-corrected chi connectivity index (χ4v) is 4.48. The van der Waals surface area contributed by atoms with Crippen LogP contribution in [-0.4, -0.2) is 51.0 Å². The Hall–Kier alpha value is -3.78. The lowest BCUT2D eigenvalue weighted by Gasteiger charge is -2.26. The summed E-state index contributed by atoms with van der Waals surface area (Å²) in [6, 6.07) is 11.1. The molecule has 1 amide bonds. The highest BCUT2D eigenvalue weighted by Crippen LogP contribution is 2.42. The number of imidazole rings is 1. The van der Waals surface area contributed by atoms with Crippen LogP contribution in [0.1, 0.15) is 43.9 Å². The average Bonchev–Trinajstić information content (AvgIpc) is 3.50. The van der Waals surface area contributed by atoms with Crippen LogP contribution in [0.3, 0.4) is 0 Å². The van der Waals surface area contributed by atoms with E-state index in [1.807, 2.05) is 30.7 Å². The molecule has 1 atom stereocenters. The Morgan fingerprint density at radius 3 is 2.51 bits per heavy atom. The number of nitrogens with zero attached hydrogens (tertiary/aromatic N) is 3. The summed E-state index contributed by atoms with van der Waals surface area (Å²) in [5.41, 5.74) is 1.07. The Morgan fingerprint density at radius 2 is 1.84 bits per heavy atom. The standard InChI is InChI=1S/C28H30ClN3O5/c1-3-16-37-22-11-8-20(17-23(22)36-4-2)25-24(26(33)19-6-9-21(29)10-7-19)27(34)28(35)32(25)14-5-13-31-15-12-30-18-31/h6-12,15,17-18,25,33H,3-5,13-14,16H2,1-2H3/b26-24+. The van der Waals surface area contributed by atoms with Gasteiger partial charge in [0.1, 0.15) is 5.76 Å². The SMILES string of the molecule is CCCOc1ccc(C2/C(=C(\O)c3ccc(Cl)cc3)C(=O)C(=O)N2CCCn2ccnc2)cc1OCC. The number of aliphatic hydroxyl groups is 1. The molecule has 4 rings (SSSR count). The Labute approximate surface area is 221 Å². The molecule has 1 aliphatic rings. The zero-order valence-corrected chi connectivity index (χ0v) is 21.6. The van der Waals surface area contributed by atoms with E-state index in [1.165, 1.54) is 4.90 Å². The van der Waals surface area contributed by atoms with E-state index in [4.69, 9.17) is 21.1 Å². The highest BCUT2D eigenvalue weighted by atomic mass is 35.5. The van der Waals surface area contributed by atoms with Gasteiger partial charge in [-0.15, -0.1) is 0 Å². The number of hydrogen-bond acceptors (Lipinski definition) is 6. The number of benzene rings is 2. The van der Waals surface area contributed by atoms with Gasteiger partial charge in [-0.25, -0.2) is 4.98 Å². The largest absolute Gasteiger partial charge is 0.507 e.